The number of fused-ring (bicyclic) bond motifs is 1. The van der Waals surface area contributed by atoms with Gasteiger partial charge in [-0.15, -0.1) is 0 Å². The molecule has 0 saturated carbocycles. The highest BCUT2D eigenvalue weighted by molar-refractivity contribution is 9.10. The molecule has 0 unspecified atom stereocenters. The maximum Gasteiger partial charge on any atom is 0.358 e. The highest BCUT2D eigenvalue weighted by atomic mass is 79.9. The Hall–Kier alpha value is -0.610. The number of benzene rings is 1. The normalized spacial score (nSPS) is 14.6. The molecule has 0 amide bonds. The fourth-order valence-electron chi connectivity index (χ4n) is 1.02. The SMILES string of the molecule is S=C1OCc2cc(Br)ccc2O1. The lowest BCUT2D eigenvalue weighted by atomic mass is 10.2. The fraction of sp³-hybridized carbons (Fsp3) is 0.125. The maximum atomic E-state index is 5.18. The Morgan fingerprint density at radius 1 is 1.42 bits per heavy atom. The third kappa shape index (κ3) is 1.44. The predicted molar refractivity (Wildman–Crippen MR) is 52.2 cm³/mol. The lowest BCUT2D eigenvalue weighted by molar-refractivity contribution is 0.210. The maximum absolute atomic E-state index is 5.18. The molecule has 2 rings (SSSR count). The summed E-state index contributed by atoms with van der Waals surface area (Å²) in [5.74, 6) is 0.787. The molecule has 0 saturated heterocycles. The van der Waals surface area contributed by atoms with Crippen LogP contribution < -0.4 is 4.74 Å². The summed E-state index contributed by atoms with van der Waals surface area (Å²) in [5, 5.41) is 0.199. The molecule has 1 aliphatic heterocycles. The van der Waals surface area contributed by atoms with Gasteiger partial charge in [-0.2, -0.15) is 0 Å². The number of rotatable bonds is 0. The first-order chi connectivity index (χ1) is 5.75. The van der Waals surface area contributed by atoms with Gasteiger partial charge in [0, 0.05) is 22.3 Å². The number of hydrogen-bond acceptors (Lipinski definition) is 3. The van der Waals surface area contributed by atoms with Crippen LogP contribution in [0.3, 0.4) is 0 Å². The molecule has 0 spiro atoms. The summed E-state index contributed by atoms with van der Waals surface area (Å²) in [4.78, 5) is 0. The summed E-state index contributed by atoms with van der Waals surface area (Å²) < 4.78 is 11.2. The molecule has 1 aliphatic rings. The van der Waals surface area contributed by atoms with E-state index in [1.54, 1.807) is 0 Å². The van der Waals surface area contributed by atoms with Crippen LogP contribution in [-0.4, -0.2) is 5.24 Å². The highest BCUT2D eigenvalue weighted by Gasteiger charge is 2.14. The first-order valence-corrected chi connectivity index (χ1v) is 4.59. The van der Waals surface area contributed by atoms with E-state index >= 15 is 0 Å². The molecule has 1 aromatic rings. The van der Waals surface area contributed by atoms with Crippen LogP contribution in [0, 0.1) is 0 Å². The van der Waals surface area contributed by atoms with Crippen LogP contribution in [0.2, 0.25) is 0 Å². The molecular weight excluding hydrogens is 240 g/mol. The van der Waals surface area contributed by atoms with Gasteiger partial charge in [0.2, 0.25) is 0 Å². The van der Waals surface area contributed by atoms with E-state index in [1.807, 2.05) is 18.2 Å². The lowest BCUT2D eigenvalue weighted by Gasteiger charge is -2.17. The summed E-state index contributed by atoms with van der Waals surface area (Å²) >= 11 is 8.12. The molecular formula is C8H5BrO2S. The number of thiocarbonyl (C=S) groups is 1. The molecule has 0 aliphatic carbocycles. The topological polar surface area (TPSA) is 18.5 Å². The Bertz CT molecular complexity index is 338. The summed E-state index contributed by atoms with van der Waals surface area (Å²) in [7, 11) is 0. The van der Waals surface area contributed by atoms with Crippen molar-refractivity contribution in [1.82, 2.24) is 0 Å². The van der Waals surface area contributed by atoms with Crippen LogP contribution in [0.1, 0.15) is 5.56 Å². The van der Waals surface area contributed by atoms with Crippen molar-refractivity contribution in [2.24, 2.45) is 0 Å². The second-order valence-corrected chi connectivity index (χ2v) is 3.64. The molecule has 0 bridgehead atoms. The molecule has 0 N–H and O–H groups in total. The van der Waals surface area contributed by atoms with Crippen molar-refractivity contribution in [2.75, 3.05) is 0 Å². The zero-order chi connectivity index (χ0) is 8.55. The van der Waals surface area contributed by atoms with Crippen LogP contribution in [0.15, 0.2) is 22.7 Å². The third-order valence-corrected chi connectivity index (χ3v) is 2.26. The minimum absolute atomic E-state index is 0.199. The van der Waals surface area contributed by atoms with Gasteiger partial charge in [0.05, 0.1) is 0 Å². The second kappa shape index (κ2) is 3.03. The van der Waals surface area contributed by atoms with Gasteiger partial charge >= 0.3 is 5.24 Å². The van der Waals surface area contributed by atoms with Crippen LogP contribution in [0.25, 0.3) is 0 Å². The Morgan fingerprint density at radius 3 is 3.08 bits per heavy atom. The molecule has 62 valence electrons. The van der Waals surface area contributed by atoms with Crippen molar-refractivity contribution >= 4 is 33.4 Å². The standard InChI is InChI=1S/C8H5BrO2S/c9-6-1-2-7-5(3-6)4-10-8(12)11-7/h1-3H,4H2. The Kier molecular flexibility index (Phi) is 2.02. The van der Waals surface area contributed by atoms with Gasteiger partial charge in [-0.25, -0.2) is 0 Å². The van der Waals surface area contributed by atoms with Crippen molar-refractivity contribution in [3.05, 3.63) is 28.2 Å². The quantitative estimate of drug-likeness (QED) is 0.654. The largest absolute Gasteiger partial charge is 0.452 e. The van der Waals surface area contributed by atoms with E-state index in [9.17, 15) is 0 Å². The van der Waals surface area contributed by atoms with Crippen molar-refractivity contribution in [3.63, 3.8) is 0 Å². The molecule has 2 nitrogen and oxygen atoms in total. The van der Waals surface area contributed by atoms with Gasteiger partial charge < -0.3 is 9.47 Å². The molecule has 0 fully saturated rings. The van der Waals surface area contributed by atoms with Gasteiger partial charge in [-0.3, -0.25) is 0 Å². The van der Waals surface area contributed by atoms with E-state index in [4.69, 9.17) is 21.7 Å². The van der Waals surface area contributed by atoms with Gasteiger partial charge in [0.15, 0.2) is 0 Å². The number of hydrogen-bond donors (Lipinski definition) is 0. The third-order valence-electron chi connectivity index (χ3n) is 1.56. The highest BCUT2D eigenvalue weighted by Crippen LogP contribution is 2.27. The van der Waals surface area contributed by atoms with Gasteiger partial charge in [-0.1, -0.05) is 15.9 Å². The molecule has 0 atom stereocenters. The summed E-state index contributed by atoms with van der Waals surface area (Å²) in [6.07, 6.45) is 0. The van der Waals surface area contributed by atoms with Gasteiger partial charge in [0.1, 0.15) is 12.4 Å². The zero-order valence-corrected chi connectivity index (χ0v) is 8.44. The number of halogens is 1. The molecule has 0 radical (unpaired) electrons. The smallest absolute Gasteiger partial charge is 0.358 e. The van der Waals surface area contributed by atoms with E-state index in [-0.39, 0.29) is 5.24 Å². The van der Waals surface area contributed by atoms with Crippen LogP contribution >= 0.6 is 28.1 Å². The minimum Gasteiger partial charge on any atom is -0.452 e. The van der Waals surface area contributed by atoms with E-state index in [0.29, 0.717) is 6.61 Å². The average Bonchev–Trinajstić information content (AvgIpc) is 2.05. The summed E-state index contributed by atoms with van der Waals surface area (Å²) in [6.45, 7) is 0.494. The van der Waals surface area contributed by atoms with E-state index in [2.05, 4.69) is 15.9 Å². The van der Waals surface area contributed by atoms with Crippen molar-refractivity contribution < 1.29 is 9.47 Å². The second-order valence-electron chi connectivity index (χ2n) is 2.39. The Morgan fingerprint density at radius 2 is 2.25 bits per heavy atom. The lowest BCUT2D eigenvalue weighted by Crippen LogP contribution is -2.16. The van der Waals surface area contributed by atoms with Gasteiger partial charge in [-0.05, 0) is 18.2 Å². The van der Waals surface area contributed by atoms with E-state index in [1.165, 1.54) is 0 Å². The summed E-state index contributed by atoms with van der Waals surface area (Å²) in [5.41, 5.74) is 1.01. The van der Waals surface area contributed by atoms with Crippen molar-refractivity contribution in [3.8, 4) is 5.75 Å². The van der Waals surface area contributed by atoms with Crippen LogP contribution in [0.4, 0.5) is 0 Å². The van der Waals surface area contributed by atoms with Crippen molar-refractivity contribution in [1.29, 1.82) is 0 Å². The average molecular weight is 245 g/mol. The van der Waals surface area contributed by atoms with E-state index in [0.717, 1.165) is 15.8 Å². The van der Waals surface area contributed by atoms with Crippen molar-refractivity contribution in [2.45, 2.75) is 6.61 Å². The molecule has 12 heavy (non-hydrogen) atoms. The Labute approximate surface area is 83.6 Å². The van der Waals surface area contributed by atoms with E-state index < -0.39 is 0 Å². The monoisotopic (exact) mass is 244 g/mol. The summed E-state index contributed by atoms with van der Waals surface area (Å²) in [6, 6.07) is 5.73. The first kappa shape index (κ1) is 8.01. The molecule has 4 heteroatoms. The zero-order valence-electron chi connectivity index (χ0n) is 6.04. The number of ether oxygens (including phenoxy) is 2. The fourth-order valence-corrected chi connectivity index (χ4v) is 1.57. The molecule has 1 aromatic carbocycles. The minimum atomic E-state index is 0.199. The van der Waals surface area contributed by atoms with Crippen LogP contribution in [0.5, 0.6) is 5.75 Å². The van der Waals surface area contributed by atoms with Gasteiger partial charge in [0.25, 0.3) is 0 Å². The molecule has 0 aromatic heterocycles. The predicted octanol–water partition coefficient (Wildman–Crippen LogP) is 2.64. The van der Waals surface area contributed by atoms with Crippen LogP contribution in [-0.2, 0) is 11.3 Å². The molecule has 1 heterocycles. The Balaban J connectivity index is 2.43. The first-order valence-electron chi connectivity index (χ1n) is 3.39.